The van der Waals surface area contributed by atoms with Gasteiger partial charge in [-0.3, -0.25) is 9.97 Å². The summed E-state index contributed by atoms with van der Waals surface area (Å²) in [5.74, 6) is -0.970. The van der Waals surface area contributed by atoms with Crippen LogP contribution in [0.5, 0.6) is 0 Å². The molecule has 0 atom stereocenters. The van der Waals surface area contributed by atoms with Gasteiger partial charge in [0.2, 0.25) is 0 Å². The SMILES string of the molecule is O=C(O)c1cnc2c(cccc3c4ccnc4ccc32)c1. The Labute approximate surface area is 119 Å². The van der Waals surface area contributed by atoms with Crippen molar-refractivity contribution in [1.82, 2.24) is 9.97 Å². The zero-order chi connectivity index (χ0) is 14.4. The fourth-order valence-corrected chi connectivity index (χ4v) is 2.69. The Bertz CT molecular complexity index is 1020. The molecule has 0 aliphatic rings. The number of carboxylic acid groups (broad SMARTS) is 1. The maximum absolute atomic E-state index is 11.1. The Morgan fingerprint density at radius 2 is 1.86 bits per heavy atom. The van der Waals surface area contributed by atoms with Crippen molar-refractivity contribution in [3.05, 3.63) is 60.4 Å². The molecule has 2 aromatic carbocycles. The van der Waals surface area contributed by atoms with Crippen molar-refractivity contribution in [2.75, 3.05) is 0 Å². The van der Waals surface area contributed by atoms with Crippen molar-refractivity contribution in [2.45, 2.75) is 0 Å². The molecule has 0 radical (unpaired) electrons. The largest absolute Gasteiger partial charge is 0.478 e. The second kappa shape index (κ2) is 4.24. The predicted octanol–water partition coefficient (Wildman–Crippen LogP) is 3.63. The Morgan fingerprint density at radius 1 is 0.952 bits per heavy atom. The fraction of sp³-hybridized carbons (Fsp3) is 0. The van der Waals surface area contributed by atoms with E-state index in [0.717, 1.165) is 32.6 Å². The number of pyridine rings is 1. The highest BCUT2D eigenvalue weighted by Gasteiger charge is 2.08. The summed E-state index contributed by atoms with van der Waals surface area (Å²) in [4.78, 5) is 19.7. The van der Waals surface area contributed by atoms with E-state index in [1.165, 1.54) is 6.20 Å². The number of benzene rings is 1. The first-order chi connectivity index (χ1) is 10.2. The van der Waals surface area contributed by atoms with Gasteiger partial charge in [0, 0.05) is 28.6 Å². The van der Waals surface area contributed by atoms with Gasteiger partial charge in [-0.2, -0.15) is 0 Å². The highest BCUT2D eigenvalue weighted by atomic mass is 16.4. The van der Waals surface area contributed by atoms with Crippen LogP contribution in [0.3, 0.4) is 0 Å². The molecule has 4 aromatic rings. The third kappa shape index (κ3) is 1.73. The molecule has 0 unspecified atom stereocenters. The van der Waals surface area contributed by atoms with Gasteiger partial charge in [-0.1, -0.05) is 18.2 Å². The lowest BCUT2D eigenvalue weighted by Crippen LogP contribution is -1.96. The lowest BCUT2D eigenvalue weighted by molar-refractivity contribution is 0.0696. The van der Waals surface area contributed by atoms with Crippen LogP contribution in [0.15, 0.2) is 54.9 Å². The molecule has 0 aliphatic heterocycles. The maximum Gasteiger partial charge on any atom is 0.337 e. The minimum atomic E-state index is -0.970. The summed E-state index contributed by atoms with van der Waals surface area (Å²) >= 11 is 0. The third-order valence-corrected chi connectivity index (χ3v) is 3.68. The quantitative estimate of drug-likeness (QED) is 0.575. The van der Waals surface area contributed by atoms with Crippen molar-refractivity contribution in [3.63, 3.8) is 0 Å². The number of hydrogen-bond acceptors (Lipinski definition) is 3. The number of carbonyl (C=O) groups is 1. The molecule has 21 heavy (non-hydrogen) atoms. The van der Waals surface area contributed by atoms with Gasteiger partial charge in [0.1, 0.15) is 0 Å². The Balaban J connectivity index is 2.21. The van der Waals surface area contributed by atoms with Gasteiger partial charge >= 0.3 is 5.97 Å². The molecule has 0 aliphatic carbocycles. The normalized spacial score (nSPS) is 11.2. The van der Waals surface area contributed by atoms with Crippen molar-refractivity contribution < 1.29 is 9.90 Å². The van der Waals surface area contributed by atoms with E-state index in [-0.39, 0.29) is 5.56 Å². The number of aromatic carboxylic acids is 1. The van der Waals surface area contributed by atoms with E-state index in [1.54, 1.807) is 12.3 Å². The topological polar surface area (TPSA) is 63.1 Å². The van der Waals surface area contributed by atoms with Gasteiger partial charge in [0.05, 0.1) is 16.6 Å². The first-order valence-electron chi connectivity index (χ1n) is 6.53. The summed E-state index contributed by atoms with van der Waals surface area (Å²) in [5, 5.41) is 13.0. The van der Waals surface area contributed by atoms with Crippen LogP contribution in [0.1, 0.15) is 10.4 Å². The van der Waals surface area contributed by atoms with Crippen LogP contribution in [-0.2, 0) is 0 Å². The number of fused-ring (bicyclic) bond motifs is 5. The molecular formula is C17H10N2O2. The second-order valence-corrected chi connectivity index (χ2v) is 4.90. The van der Waals surface area contributed by atoms with Crippen LogP contribution in [-0.4, -0.2) is 21.0 Å². The molecule has 100 valence electrons. The molecule has 1 N–H and O–H groups in total. The van der Waals surface area contributed by atoms with Crippen LogP contribution in [0.4, 0.5) is 0 Å². The average Bonchev–Trinajstić information content (AvgIpc) is 2.88. The summed E-state index contributed by atoms with van der Waals surface area (Å²) in [6.45, 7) is 0. The Kier molecular flexibility index (Phi) is 2.38. The van der Waals surface area contributed by atoms with Gasteiger partial charge in [-0.25, -0.2) is 4.79 Å². The third-order valence-electron chi connectivity index (χ3n) is 3.68. The van der Waals surface area contributed by atoms with Crippen LogP contribution >= 0.6 is 0 Å². The Morgan fingerprint density at radius 3 is 2.71 bits per heavy atom. The highest BCUT2D eigenvalue weighted by Crippen LogP contribution is 2.28. The molecule has 4 rings (SSSR count). The lowest BCUT2D eigenvalue weighted by Gasteiger charge is -2.00. The molecule has 0 spiro atoms. The number of nitrogens with zero attached hydrogens (tertiary/aromatic N) is 2. The van der Waals surface area contributed by atoms with Gasteiger partial charge in [-0.15, -0.1) is 0 Å². The molecule has 0 amide bonds. The molecule has 2 heterocycles. The summed E-state index contributed by atoms with van der Waals surface area (Å²) < 4.78 is 0. The van der Waals surface area contributed by atoms with Gasteiger partial charge in [0.25, 0.3) is 0 Å². The lowest BCUT2D eigenvalue weighted by atomic mass is 10.1. The molecule has 0 fully saturated rings. The van der Waals surface area contributed by atoms with E-state index in [1.807, 2.05) is 36.4 Å². The first-order valence-corrected chi connectivity index (χ1v) is 6.53. The summed E-state index contributed by atoms with van der Waals surface area (Å²) in [5.41, 5.74) is 1.94. The van der Waals surface area contributed by atoms with E-state index < -0.39 is 5.97 Å². The van der Waals surface area contributed by atoms with Crippen molar-refractivity contribution >= 4 is 38.5 Å². The summed E-state index contributed by atoms with van der Waals surface area (Å²) in [6.07, 6.45) is 3.19. The molecule has 2 aromatic heterocycles. The smallest absolute Gasteiger partial charge is 0.337 e. The van der Waals surface area contributed by atoms with Crippen LogP contribution in [0, 0.1) is 0 Å². The van der Waals surface area contributed by atoms with Crippen LogP contribution < -0.4 is 0 Å². The molecular weight excluding hydrogens is 264 g/mol. The van der Waals surface area contributed by atoms with E-state index in [2.05, 4.69) is 9.97 Å². The van der Waals surface area contributed by atoms with Crippen molar-refractivity contribution in [2.24, 2.45) is 0 Å². The predicted molar refractivity (Wildman–Crippen MR) is 81.5 cm³/mol. The fourth-order valence-electron chi connectivity index (χ4n) is 2.69. The average molecular weight is 274 g/mol. The van der Waals surface area contributed by atoms with Crippen molar-refractivity contribution in [1.29, 1.82) is 0 Å². The first kappa shape index (κ1) is 11.8. The molecule has 0 saturated heterocycles. The van der Waals surface area contributed by atoms with Crippen LogP contribution in [0.2, 0.25) is 0 Å². The molecule has 4 nitrogen and oxygen atoms in total. The molecule has 4 heteroatoms. The zero-order valence-electron chi connectivity index (χ0n) is 10.9. The summed E-state index contributed by atoms with van der Waals surface area (Å²) in [7, 11) is 0. The molecule has 0 bridgehead atoms. The second-order valence-electron chi connectivity index (χ2n) is 4.90. The number of rotatable bonds is 1. The van der Waals surface area contributed by atoms with E-state index in [4.69, 9.17) is 5.11 Å². The van der Waals surface area contributed by atoms with Gasteiger partial charge in [-0.05, 0) is 29.7 Å². The number of aromatic nitrogens is 2. The highest BCUT2D eigenvalue weighted by molar-refractivity contribution is 6.14. The van der Waals surface area contributed by atoms with Gasteiger partial charge < -0.3 is 5.11 Å². The van der Waals surface area contributed by atoms with E-state index >= 15 is 0 Å². The minimum absolute atomic E-state index is 0.193. The minimum Gasteiger partial charge on any atom is -0.478 e. The standard InChI is InChI=1S/C17H10N2O2/c20-17(21)11-8-10-2-1-3-12-13-6-7-18-15(13)5-4-14(12)16(10)19-9-11/h1-9H,(H,20,21). The number of hydrogen-bond donors (Lipinski definition) is 1. The Hall–Kier alpha value is -3.01. The van der Waals surface area contributed by atoms with Crippen LogP contribution in [0.25, 0.3) is 32.6 Å². The molecule has 0 saturated carbocycles. The zero-order valence-corrected chi connectivity index (χ0v) is 10.9. The van der Waals surface area contributed by atoms with Gasteiger partial charge in [0.15, 0.2) is 0 Å². The monoisotopic (exact) mass is 274 g/mol. The summed E-state index contributed by atoms with van der Waals surface area (Å²) in [6, 6.07) is 13.4. The van der Waals surface area contributed by atoms with Crippen molar-refractivity contribution in [3.8, 4) is 0 Å². The number of carboxylic acids is 1. The maximum atomic E-state index is 11.1. The van der Waals surface area contributed by atoms with E-state index in [9.17, 15) is 4.79 Å². The van der Waals surface area contributed by atoms with E-state index in [0.29, 0.717) is 0 Å².